The second-order valence-corrected chi connectivity index (χ2v) is 8.09. The molecule has 34 heavy (non-hydrogen) atoms. The Bertz CT molecular complexity index is 1320. The minimum Gasteiger partial charge on any atom is -0.367 e. The third-order valence-electron chi connectivity index (χ3n) is 5.69. The fourth-order valence-corrected chi connectivity index (χ4v) is 4.17. The third-order valence-corrected chi connectivity index (χ3v) is 5.69. The van der Waals surface area contributed by atoms with E-state index in [1.54, 1.807) is 29.1 Å². The predicted octanol–water partition coefficient (Wildman–Crippen LogP) is 4.64. The first-order chi connectivity index (χ1) is 16.1. The fourth-order valence-electron chi connectivity index (χ4n) is 4.17. The molecule has 180 valence electrons. The molecule has 4 aromatic heterocycles. The molecule has 2 atom stereocenters. The van der Waals surface area contributed by atoms with Gasteiger partial charge in [-0.15, -0.1) is 0 Å². The average molecular weight is 484 g/mol. The Kier molecular flexibility index (Phi) is 5.24. The summed E-state index contributed by atoms with van der Waals surface area (Å²) >= 11 is 0. The Morgan fingerprint density at radius 1 is 0.853 bits per heavy atom. The first-order valence-corrected chi connectivity index (χ1v) is 10.4. The van der Waals surface area contributed by atoms with Crippen molar-refractivity contribution in [2.45, 2.75) is 50.1 Å². The molecule has 0 amide bonds. The van der Waals surface area contributed by atoms with Crippen LogP contribution in [0.2, 0.25) is 0 Å². The van der Waals surface area contributed by atoms with Crippen molar-refractivity contribution in [2.75, 3.05) is 10.6 Å². The number of hydrogen-bond donors (Lipinski definition) is 2. The molecule has 0 saturated heterocycles. The molecule has 0 aromatic carbocycles. The summed E-state index contributed by atoms with van der Waals surface area (Å²) in [6.07, 6.45) is -1.95. The zero-order chi connectivity index (χ0) is 24.1. The Balaban J connectivity index is 1.41. The van der Waals surface area contributed by atoms with E-state index in [1.807, 2.05) is 0 Å². The van der Waals surface area contributed by atoms with E-state index in [2.05, 4.69) is 30.7 Å². The smallest absolute Gasteiger partial charge is 0.367 e. The van der Waals surface area contributed by atoms with Gasteiger partial charge >= 0.3 is 12.4 Å². The van der Waals surface area contributed by atoms with Gasteiger partial charge in [0.25, 0.3) is 0 Å². The van der Waals surface area contributed by atoms with Crippen LogP contribution in [0.15, 0.2) is 36.8 Å². The van der Waals surface area contributed by atoms with Crippen molar-refractivity contribution in [3.63, 3.8) is 0 Å². The molecule has 1 aliphatic rings. The highest BCUT2D eigenvalue weighted by molar-refractivity contribution is 5.52. The van der Waals surface area contributed by atoms with Crippen LogP contribution in [0.1, 0.15) is 37.1 Å². The van der Waals surface area contributed by atoms with Gasteiger partial charge in [0.1, 0.15) is 11.5 Å². The van der Waals surface area contributed by atoms with Gasteiger partial charge in [-0.3, -0.25) is 4.40 Å². The van der Waals surface area contributed by atoms with Crippen LogP contribution in [0, 0.1) is 0 Å². The SMILES string of the molecule is FC(F)(F)c1cc(N[C@H]2CCC[C@@H](Nc3nccc4nccn34)C2)n2nc(C(F)(F)F)cc2n1. The van der Waals surface area contributed by atoms with Crippen LogP contribution in [0.4, 0.5) is 38.1 Å². The lowest BCUT2D eigenvalue weighted by Gasteiger charge is -2.31. The molecule has 1 aliphatic carbocycles. The number of aromatic nitrogens is 6. The van der Waals surface area contributed by atoms with Crippen molar-refractivity contribution >= 4 is 23.1 Å². The van der Waals surface area contributed by atoms with E-state index in [-0.39, 0.29) is 17.9 Å². The van der Waals surface area contributed by atoms with E-state index >= 15 is 0 Å². The lowest BCUT2D eigenvalue weighted by molar-refractivity contribution is -0.142. The van der Waals surface area contributed by atoms with Gasteiger partial charge in [-0.1, -0.05) is 0 Å². The number of hydrogen-bond acceptors (Lipinski definition) is 6. The van der Waals surface area contributed by atoms with Crippen LogP contribution in [-0.4, -0.2) is 41.1 Å². The van der Waals surface area contributed by atoms with E-state index in [9.17, 15) is 26.3 Å². The van der Waals surface area contributed by atoms with Gasteiger partial charge in [0.2, 0.25) is 5.95 Å². The number of halogens is 6. The Morgan fingerprint density at radius 3 is 2.32 bits per heavy atom. The molecule has 0 aliphatic heterocycles. The van der Waals surface area contributed by atoms with E-state index in [4.69, 9.17) is 0 Å². The minimum absolute atomic E-state index is 0.0606. The van der Waals surface area contributed by atoms with Gasteiger partial charge in [-0.2, -0.15) is 36.0 Å². The zero-order valence-corrected chi connectivity index (χ0v) is 17.4. The largest absolute Gasteiger partial charge is 0.435 e. The maximum atomic E-state index is 13.4. The molecule has 4 aromatic rings. The summed E-state index contributed by atoms with van der Waals surface area (Å²) in [7, 11) is 0. The predicted molar refractivity (Wildman–Crippen MR) is 109 cm³/mol. The maximum absolute atomic E-state index is 13.4. The molecule has 2 N–H and O–H groups in total. The summed E-state index contributed by atoms with van der Waals surface area (Å²) in [5.74, 6) is 0.376. The monoisotopic (exact) mass is 484 g/mol. The first-order valence-electron chi connectivity index (χ1n) is 10.4. The second-order valence-electron chi connectivity index (χ2n) is 8.09. The minimum atomic E-state index is -4.83. The molecule has 1 saturated carbocycles. The van der Waals surface area contributed by atoms with Crippen molar-refractivity contribution in [1.82, 2.24) is 29.0 Å². The van der Waals surface area contributed by atoms with Crippen molar-refractivity contribution in [1.29, 1.82) is 0 Å². The van der Waals surface area contributed by atoms with Crippen LogP contribution in [0.5, 0.6) is 0 Å². The number of fused-ring (bicyclic) bond motifs is 2. The molecule has 0 bridgehead atoms. The summed E-state index contributed by atoms with van der Waals surface area (Å²) in [5, 5.41) is 9.74. The first kappa shape index (κ1) is 22.2. The summed E-state index contributed by atoms with van der Waals surface area (Å²) < 4.78 is 82.0. The van der Waals surface area contributed by atoms with Gasteiger partial charge in [0, 0.05) is 42.8 Å². The quantitative estimate of drug-likeness (QED) is 0.411. The molecule has 4 heterocycles. The summed E-state index contributed by atoms with van der Waals surface area (Å²) in [4.78, 5) is 11.9. The number of nitrogens with zero attached hydrogens (tertiary/aromatic N) is 6. The molecule has 14 heteroatoms. The lowest BCUT2D eigenvalue weighted by Crippen LogP contribution is -2.35. The summed E-state index contributed by atoms with van der Waals surface area (Å²) in [6.45, 7) is 0. The third kappa shape index (κ3) is 4.31. The van der Waals surface area contributed by atoms with E-state index in [0.717, 1.165) is 17.4 Å². The topological polar surface area (TPSA) is 84.4 Å². The van der Waals surface area contributed by atoms with Crippen molar-refractivity contribution < 1.29 is 26.3 Å². The van der Waals surface area contributed by atoms with Crippen molar-refractivity contribution in [3.05, 3.63) is 48.2 Å². The molecule has 1 fully saturated rings. The van der Waals surface area contributed by atoms with Crippen LogP contribution in [-0.2, 0) is 12.4 Å². The highest BCUT2D eigenvalue weighted by atomic mass is 19.4. The van der Waals surface area contributed by atoms with Crippen LogP contribution < -0.4 is 10.6 Å². The number of nitrogens with one attached hydrogen (secondary N) is 2. The molecular formula is C20H18F6N8. The van der Waals surface area contributed by atoms with E-state index in [1.165, 1.54) is 0 Å². The molecule has 0 radical (unpaired) electrons. The molecule has 8 nitrogen and oxygen atoms in total. The van der Waals surface area contributed by atoms with Gasteiger partial charge in [0.15, 0.2) is 17.0 Å². The fraction of sp³-hybridized carbons (Fsp3) is 0.400. The molecule has 0 unspecified atom stereocenters. The summed E-state index contributed by atoms with van der Waals surface area (Å²) in [6, 6.07) is 2.57. The number of rotatable bonds is 4. The molecule has 5 rings (SSSR count). The van der Waals surface area contributed by atoms with Crippen molar-refractivity contribution in [3.8, 4) is 0 Å². The standard InChI is InChI=1S/C20H18F6N8/c21-19(22,23)13-9-16(34-17(31-13)10-14(32-34)20(24,25)26)29-11-2-1-3-12(8-11)30-18-28-5-4-15-27-6-7-33(15)18/h4-7,9-12,29H,1-3,8H2,(H,28,30)/t11-,12+/m0/s1. The lowest BCUT2D eigenvalue weighted by atomic mass is 9.91. The zero-order valence-electron chi connectivity index (χ0n) is 17.4. The number of anilines is 2. The number of alkyl halides is 6. The van der Waals surface area contributed by atoms with Crippen LogP contribution in [0.3, 0.4) is 0 Å². The van der Waals surface area contributed by atoms with Crippen LogP contribution >= 0.6 is 0 Å². The Labute approximate surface area is 188 Å². The number of imidazole rings is 1. The van der Waals surface area contributed by atoms with E-state index in [0.29, 0.717) is 36.6 Å². The van der Waals surface area contributed by atoms with Gasteiger partial charge in [-0.05, 0) is 31.7 Å². The normalized spacial score (nSPS) is 19.6. The Hall–Kier alpha value is -3.58. The average Bonchev–Trinajstić information content (AvgIpc) is 3.41. The van der Waals surface area contributed by atoms with Gasteiger partial charge in [-0.25, -0.2) is 15.0 Å². The Morgan fingerprint density at radius 2 is 1.59 bits per heavy atom. The molecular weight excluding hydrogens is 466 g/mol. The summed E-state index contributed by atoms with van der Waals surface area (Å²) in [5.41, 5.74) is -2.44. The molecule has 0 spiro atoms. The van der Waals surface area contributed by atoms with E-state index < -0.39 is 29.4 Å². The van der Waals surface area contributed by atoms with Crippen LogP contribution in [0.25, 0.3) is 11.3 Å². The van der Waals surface area contributed by atoms with Gasteiger partial charge in [0.05, 0.1) is 0 Å². The van der Waals surface area contributed by atoms with Gasteiger partial charge < -0.3 is 10.6 Å². The highest BCUT2D eigenvalue weighted by Gasteiger charge is 2.37. The highest BCUT2D eigenvalue weighted by Crippen LogP contribution is 2.34. The van der Waals surface area contributed by atoms with Crippen molar-refractivity contribution in [2.24, 2.45) is 0 Å². The maximum Gasteiger partial charge on any atom is 0.435 e. The second kappa shape index (κ2) is 8.02.